The Morgan fingerprint density at radius 2 is 1.36 bits per heavy atom. The van der Waals surface area contributed by atoms with Crippen LogP contribution in [0.2, 0.25) is 39.3 Å². The van der Waals surface area contributed by atoms with E-state index < -0.39 is 16.6 Å². The molecule has 0 radical (unpaired) electrons. The smallest absolute Gasteiger partial charge is 0.184 e. The molecule has 0 unspecified atom stereocenters. The first-order chi connectivity index (χ1) is 11.1. The fraction of sp³-hybridized carbons (Fsp3) is 1.00. The summed E-state index contributed by atoms with van der Waals surface area (Å²) in [6.07, 6.45) is 5.68. The van der Waals surface area contributed by atoms with Gasteiger partial charge in [0.25, 0.3) is 0 Å². The van der Waals surface area contributed by atoms with E-state index in [-0.39, 0.29) is 11.0 Å². The molecule has 4 heteroatoms. The molecule has 3 saturated carbocycles. The Balaban J connectivity index is 1.93. The third kappa shape index (κ3) is 3.70. The average molecular weight is 383 g/mol. The minimum absolute atomic E-state index is 0.0800. The fourth-order valence-corrected chi connectivity index (χ4v) is 9.27. The maximum atomic E-state index is 6.86. The lowest BCUT2D eigenvalue weighted by Crippen LogP contribution is -2.47. The topological polar surface area (TPSA) is 18.5 Å². The highest BCUT2D eigenvalue weighted by Crippen LogP contribution is 2.72. The molecule has 6 atom stereocenters. The molecule has 0 aromatic carbocycles. The lowest BCUT2D eigenvalue weighted by atomic mass is 9.72. The number of hydrogen-bond donors (Lipinski definition) is 0. The van der Waals surface area contributed by atoms with E-state index in [1.54, 1.807) is 0 Å². The molecule has 0 aromatic heterocycles. The van der Waals surface area contributed by atoms with E-state index in [0.29, 0.717) is 17.4 Å². The Kier molecular flexibility index (Phi) is 4.57. The van der Waals surface area contributed by atoms with E-state index in [4.69, 9.17) is 8.85 Å². The van der Waals surface area contributed by atoms with Crippen LogP contribution in [0.25, 0.3) is 0 Å². The Labute approximate surface area is 158 Å². The van der Waals surface area contributed by atoms with Crippen LogP contribution in [-0.2, 0) is 8.85 Å². The molecule has 25 heavy (non-hydrogen) atoms. The van der Waals surface area contributed by atoms with Gasteiger partial charge >= 0.3 is 0 Å². The standard InChI is InChI=1S/C21H42O2Si2/c1-19(2)13-16-15(11-12-21(16,4)23-25(8,9)10)20(3)14-17(20)18(19)22-24(5,6)7/h15-18H,11-14H2,1-10H3/t15-,16+,17-,18-,20+,21+/m1/s1. The molecule has 3 aliphatic carbocycles. The quantitative estimate of drug-likeness (QED) is 0.531. The van der Waals surface area contributed by atoms with E-state index in [9.17, 15) is 0 Å². The highest BCUT2D eigenvalue weighted by Gasteiger charge is 2.69. The molecule has 2 nitrogen and oxygen atoms in total. The predicted octanol–water partition coefficient (Wildman–Crippen LogP) is 6.30. The molecule has 0 N–H and O–H groups in total. The van der Waals surface area contributed by atoms with Gasteiger partial charge in [-0.25, -0.2) is 0 Å². The Bertz CT molecular complexity index is 533. The van der Waals surface area contributed by atoms with Crippen molar-refractivity contribution in [2.75, 3.05) is 0 Å². The molecule has 0 saturated heterocycles. The molecular weight excluding hydrogens is 340 g/mol. The summed E-state index contributed by atoms with van der Waals surface area (Å²) in [6.45, 7) is 24.1. The summed E-state index contributed by atoms with van der Waals surface area (Å²) >= 11 is 0. The van der Waals surface area contributed by atoms with Gasteiger partial charge in [-0.2, -0.15) is 0 Å². The average Bonchev–Trinajstić information content (AvgIpc) is 2.94. The summed E-state index contributed by atoms with van der Waals surface area (Å²) in [5, 5.41) is 0. The lowest BCUT2D eigenvalue weighted by Gasteiger charge is -2.44. The Morgan fingerprint density at radius 1 is 0.760 bits per heavy atom. The number of fused-ring (bicyclic) bond motifs is 3. The molecule has 146 valence electrons. The highest BCUT2D eigenvalue weighted by molar-refractivity contribution is 6.70. The molecule has 3 fully saturated rings. The summed E-state index contributed by atoms with van der Waals surface area (Å²) in [5.74, 6) is 2.28. The van der Waals surface area contributed by atoms with E-state index in [1.165, 1.54) is 25.7 Å². The lowest BCUT2D eigenvalue weighted by molar-refractivity contribution is -0.0159. The molecule has 0 heterocycles. The largest absolute Gasteiger partial charge is 0.414 e. The van der Waals surface area contributed by atoms with Crippen molar-refractivity contribution in [3.63, 3.8) is 0 Å². The van der Waals surface area contributed by atoms with E-state index >= 15 is 0 Å². The SMILES string of the molecule is CC1(C)C[C@H]2[C@@H](CC[C@]2(C)O[Si](C)(C)C)[C@]2(C)C[C@@H]2[C@H]1O[Si](C)(C)C. The van der Waals surface area contributed by atoms with Gasteiger partial charge in [0.15, 0.2) is 16.6 Å². The van der Waals surface area contributed by atoms with Gasteiger partial charge in [-0.3, -0.25) is 0 Å². The van der Waals surface area contributed by atoms with Gasteiger partial charge in [-0.15, -0.1) is 0 Å². The highest BCUT2D eigenvalue weighted by atomic mass is 28.4. The maximum absolute atomic E-state index is 6.86. The second-order valence-electron chi connectivity index (χ2n) is 12.4. The molecule has 3 aliphatic rings. The molecular formula is C21H42O2Si2. The third-order valence-electron chi connectivity index (χ3n) is 7.32. The second kappa shape index (κ2) is 5.68. The summed E-state index contributed by atoms with van der Waals surface area (Å²) < 4.78 is 13.7. The fourth-order valence-electron chi connectivity index (χ4n) is 6.37. The summed E-state index contributed by atoms with van der Waals surface area (Å²) in [4.78, 5) is 0. The first-order valence-corrected chi connectivity index (χ1v) is 17.3. The van der Waals surface area contributed by atoms with Crippen LogP contribution in [0.5, 0.6) is 0 Å². The summed E-state index contributed by atoms with van der Waals surface area (Å²) in [5.41, 5.74) is 0.816. The van der Waals surface area contributed by atoms with Gasteiger partial charge in [0.05, 0.1) is 11.7 Å². The van der Waals surface area contributed by atoms with Crippen molar-refractivity contribution >= 4 is 16.6 Å². The van der Waals surface area contributed by atoms with E-state index in [0.717, 1.165) is 11.8 Å². The minimum Gasteiger partial charge on any atom is -0.414 e. The van der Waals surface area contributed by atoms with Crippen molar-refractivity contribution < 1.29 is 8.85 Å². The summed E-state index contributed by atoms with van der Waals surface area (Å²) in [6, 6.07) is 0. The zero-order chi connectivity index (χ0) is 19.1. The molecule has 0 spiro atoms. The molecule has 0 aromatic rings. The van der Waals surface area contributed by atoms with Crippen molar-refractivity contribution in [1.82, 2.24) is 0 Å². The third-order valence-corrected chi connectivity index (χ3v) is 9.36. The maximum Gasteiger partial charge on any atom is 0.184 e. The zero-order valence-electron chi connectivity index (χ0n) is 18.5. The molecule has 3 rings (SSSR count). The van der Waals surface area contributed by atoms with Crippen LogP contribution in [0.4, 0.5) is 0 Å². The minimum atomic E-state index is -1.55. The van der Waals surface area contributed by atoms with Crippen molar-refractivity contribution in [2.45, 2.75) is 104 Å². The van der Waals surface area contributed by atoms with Crippen LogP contribution >= 0.6 is 0 Å². The van der Waals surface area contributed by atoms with Gasteiger partial charge in [0.1, 0.15) is 0 Å². The van der Waals surface area contributed by atoms with E-state index in [2.05, 4.69) is 67.0 Å². The molecule has 0 amide bonds. The van der Waals surface area contributed by atoms with Crippen LogP contribution in [-0.4, -0.2) is 28.3 Å². The Morgan fingerprint density at radius 3 is 1.88 bits per heavy atom. The van der Waals surface area contributed by atoms with Crippen LogP contribution in [0.1, 0.15) is 53.4 Å². The van der Waals surface area contributed by atoms with Crippen LogP contribution in [0.3, 0.4) is 0 Å². The number of rotatable bonds is 4. The Hall–Kier alpha value is 0.354. The van der Waals surface area contributed by atoms with Crippen molar-refractivity contribution in [3.8, 4) is 0 Å². The van der Waals surface area contributed by atoms with E-state index in [1.807, 2.05) is 0 Å². The van der Waals surface area contributed by atoms with Crippen molar-refractivity contribution in [2.24, 2.45) is 28.6 Å². The van der Waals surface area contributed by atoms with Crippen molar-refractivity contribution in [1.29, 1.82) is 0 Å². The normalized spacial score (nSPS) is 46.3. The second-order valence-corrected chi connectivity index (χ2v) is 21.3. The first kappa shape index (κ1) is 20.1. The van der Waals surface area contributed by atoms with Gasteiger partial charge in [0.2, 0.25) is 0 Å². The zero-order valence-corrected chi connectivity index (χ0v) is 20.5. The monoisotopic (exact) mass is 382 g/mol. The predicted molar refractivity (Wildman–Crippen MR) is 112 cm³/mol. The van der Waals surface area contributed by atoms with Gasteiger partial charge in [-0.1, -0.05) is 20.8 Å². The van der Waals surface area contributed by atoms with Gasteiger partial charge in [-0.05, 0) is 100 Å². The molecule has 0 aliphatic heterocycles. The van der Waals surface area contributed by atoms with Crippen LogP contribution < -0.4 is 0 Å². The van der Waals surface area contributed by atoms with Gasteiger partial charge < -0.3 is 8.85 Å². The van der Waals surface area contributed by atoms with Crippen molar-refractivity contribution in [3.05, 3.63) is 0 Å². The first-order valence-electron chi connectivity index (χ1n) is 10.5. The van der Waals surface area contributed by atoms with Crippen LogP contribution in [0.15, 0.2) is 0 Å². The van der Waals surface area contributed by atoms with Gasteiger partial charge in [0, 0.05) is 0 Å². The summed E-state index contributed by atoms with van der Waals surface area (Å²) in [7, 11) is -3.08. The van der Waals surface area contributed by atoms with Crippen LogP contribution in [0, 0.1) is 28.6 Å². The molecule has 0 bridgehead atoms. The number of hydrogen-bond acceptors (Lipinski definition) is 2.